The molecule has 1 aliphatic rings. The molecule has 4 rings (SSSR count). The number of carbonyl (C=O) groups is 1. The van der Waals surface area contributed by atoms with E-state index in [1.165, 1.54) is 11.6 Å². The largest absolute Gasteiger partial charge is 0.336 e. The Labute approximate surface area is 174 Å². The van der Waals surface area contributed by atoms with Gasteiger partial charge in [-0.05, 0) is 59.2 Å². The standard InChI is InChI=1S/C21H24FN7O/c1-3-16-5-8-18(9-6-16)29-20(24-25-26-29)27-10-12-28(13-11-27)21(30)23-17-7-4-15(2)19(22)14-17/h4-9,14H,3,10-13H2,1-2H3,(H,23,30). The van der Waals surface area contributed by atoms with Crippen LogP contribution in [0.5, 0.6) is 0 Å². The first kappa shape index (κ1) is 19.8. The van der Waals surface area contributed by atoms with Crippen molar-refractivity contribution in [3.63, 3.8) is 0 Å². The number of tetrazole rings is 1. The zero-order valence-corrected chi connectivity index (χ0v) is 17.0. The van der Waals surface area contributed by atoms with Crippen molar-refractivity contribution in [2.45, 2.75) is 20.3 Å². The van der Waals surface area contributed by atoms with Crippen LogP contribution in [0, 0.1) is 12.7 Å². The Morgan fingerprint density at radius 2 is 1.83 bits per heavy atom. The number of aromatic nitrogens is 4. The van der Waals surface area contributed by atoms with Gasteiger partial charge in [0, 0.05) is 31.9 Å². The molecule has 0 aliphatic carbocycles. The second kappa shape index (κ2) is 8.48. The van der Waals surface area contributed by atoms with E-state index in [9.17, 15) is 9.18 Å². The summed E-state index contributed by atoms with van der Waals surface area (Å²) in [6, 6.07) is 12.6. The molecule has 0 radical (unpaired) electrons. The first-order valence-corrected chi connectivity index (χ1v) is 10.00. The molecule has 1 aromatic heterocycles. The van der Waals surface area contributed by atoms with Crippen LogP contribution in [0.2, 0.25) is 0 Å². The summed E-state index contributed by atoms with van der Waals surface area (Å²) in [5.41, 5.74) is 3.14. The summed E-state index contributed by atoms with van der Waals surface area (Å²) >= 11 is 0. The Morgan fingerprint density at radius 1 is 1.10 bits per heavy atom. The van der Waals surface area contributed by atoms with E-state index in [1.807, 2.05) is 12.1 Å². The number of hydrogen-bond donors (Lipinski definition) is 1. The Hall–Kier alpha value is -3.49. The number of hydrogen-bond acceptors (Lipinski definition) is 5. The fourth-order valence-corrected chi connectivity index (χ4v) is 3.40. The maximum absolute atomic E-state index is 13.7. The molecule has 1 fully saturated rings. The Morgan fingerprint density at radius 3 is 2.50 bits per heavy atom. The molecular weight excluding hydrogens is 385 g/mol. The molecular formula is C21H24FN7O. The number of aryl methyl sites for hydroxylation is 2. The first-order chi connectivity index (χ1) is 14.5. The van der Waals surface area contributed by atoms with Crippen LogP contribution >= 0.6 is 0 Å². The van der Waals surface area contributed by atoms with Crippen molar-refractivity contribution in [3.05, 3.63) is 59.4 Å². The van der Waals surface area contributed by atoms with Crippen molar-refractivity contribution >= 4 is 17.7 Å². The van der Waals surface area contributed by atoms with Gasteiger partial charge in [0.1, 0.15) is 5.82 Å². The summed E-state index contributed by atoms with van der Waals surface area (Å²) in [6.07, 6.45) is 0.974. The minimum Gasteiger partial charge on any atom is -0.336 e. The van der Waals surface area contributed by atoms with E-state index in [4.69, 9.17) is 0 Å². The molecule has 9 heteroatoms. The molecule has 2 amide bonds. The molecule has 0 bridgehead atoms. The lowest BCUT2D eigenvalue weighted by Gasteiger charge is -2.34. The molecule has 8 nitrogen and oxygen atoms in total. The van der Waals surface area contributed by atoms with E-state index >= 15 is 0 Å². The van der Waals surface area contributed by atoms with Crippen LogP contribution in [0.15, 0.2) is 42.5 Å². The number of halogens is 1. The van der Waals surface area contributed by atoms with Gasteiger partial charge in [-0.2, -0.15) is 4.68 Å². The number of amides is 2. The number of nitrogens with one attached hydrogen (secondary N) is 1. The minimum absolute atomic E-state index is 0.243. The number of carbonyl (C=O) groups excluding carboxylic acids is 1. The van der Waals surface area contributed by atoms with E-state index in [0.29, 0.717) is 43.4 Å². The zero-order valence-electron chi connectivity index (χ0n) is 17.0. The van der Waals surface area contributed by atoms with E-state index in [-0.39, 0.29) is 11.8 Å². The first-order valence-electron chi connectivity index (χ1n) is 10.00. The van der Waals surface area contributed by atoms with Gasteiger partial charge in [0.05, 0.1) is 5.69 Å². The molecule has 2 aromatic carbocycles. The third kappa shape index (κ3) is 4.10. The van der Waals surface area contributed by atoms with Gasteiger partial charge in [0.15, 0.2) is 0 Å². The number of urea groups is 1. The number of piperazine rings is 1. The van der Waals surface area contributed by atoms with Gasteiger partial charge in [-0.15, -0.1) is 0 Å². The molecule has 0 atom stereocenters. The van der Waals surface area contributed by atoms with Crippen molar-refractivity contribution < 1.29 is 9.18 Å². The van der Waals surface area contributed by atoms with E-state index in [1.54, 1.807) is 28.6 Å². The molecule has 1 aliphatic heterocycles. The Kier molecular flexibility index (Phi) is 5.60. The van der Waals surface area contributed by atoms with Crippen molar-refractivity contribution in [3.8, 4) is 5.69 Å². The van der Waals surface area contributed by atoms with Crippen LogP contribution in [-0.2, 0) is 6.42 Å². The summed E-state index contributed by atoms with van der Waals surface area (Å²) < 4.78 is 15.4. The lowest BCUT2D eigenvalue weighted by atomic mass is 10.1. The van der Waals surface area contributed by atoms with E-state index < -0.39 is 0 Å². The number of rotatable bonds is 4. The molecule has 1 saturated heterocycles. The molecule has 0 saturated carbocycles. The predicted octanol–water partition coefficient (Wildman–Crippen LogP) is 3.03. The second-order valence-electron chi connectivity index (χ2n) is 7.28. The SMILES string of the molecule is CCc1ccc(-n2nnnc2N2CCN(C(=O)Nc3ccc(C)c(F)c3)CC2)cc1. The molecule has 2 heterocycles. The van der Waals surface area contributed by atoms with Gasteiger partial charge in [0.2, 0.25) is 5.95 Å². The summed E-state index contributed by atoms with van der Waals surface area (Å²) in [5.74, 6) is 0.316. The molecule has 156 valence electrons. The molecule has 3 aromatic rings. The highest BCUT2D eigenvalue weighted by molar-refractivity contribution is 5.89. The maximum atomic E-state index is 13.7. The van der Waals surface area contributed by atoms with Gasteiger partial charge >= 0.3 is 6.03 Å². The molecule has 0 unspecified atom stereocenters. The van der Waals surface area contributed by atoms with Gasteiger partial charge in [-0.25, -0.2) is 9.18 Å². The van der Waals surface area contributed by atoms with Crippen molar-refractivity contribution in [1.82, 2.24) is 25.1 Å². The highest BCUT2D eigenvalue weighted by atomic mass is 19.1. The topological polar surface area (TPSA) is 79.2 Å². The van der Waals surface area contributed by atoms with Gasteiger partial charge in [0.25, 0.3) is 0 Å². The predicted molar refractivity (Wildman–Crippen MR) is 112 cm³/mol. The summed E-state index contributed by atoms with van der Waals surface area (Å²) in [6.45, 7) is 6.03. The summed E-state index contributed by atoms with van der Waals surface area (Å²) in [7, 11) is 0. The number of benzene rings is 2. The zero-order chi connectivity index (χ0) is 21.1. The van der Waals surface area contributed by atoms with Crippen LogP contribution in [0.3, 0.4) is 0 Å². The van der Waals surface area contributed by atoms with Crippen molar-refractivity contribution in [2.24, 2.45) is 0 Å². The van der Waals surface area contributed by atoms with Crippen molar-refractivity contribution in [1.29, 1.82) is 0 Å². The third-order valence-corrected chi connectivity index (χ3v) is 5.32. The summed E-state index contributed by atoms with van der Waals surface area (Å²) in [5, 5.41) is 14.9. The average Bonchev–Trinajstić information content (AvgIpc) is 3.26. The molecule has 30 heavy (non-hydrogen) atoms. The normalized spacial score (nSPS) is 14.1. The maximum Gasteiger partial charge on any atom is 0.321 e. The van der Waals surface area contributed by atoms with Crippen molar-refractivity contribution in [2.75, 3.05) is 36.4 Å². The minimum atomic E-state index is -0.337. The second-order valence-corrected chi connectivity index (χ2v) is 7.28. The van der Waals surface area contributed by atoms with Gasteiger partial charge in [-0.1, -0.05) is 30.2 Å². The van der Waals surface area contributed by atoms with Crippen LogP contribution in [0.1, 0.15) is 18.1 Å². The van der Waals surface area contributed by atoms with Gasteiger partial charge in [-0.3, -0.25) is 0 Å². The van der Waals surface area contributed by atoms with Crippen LogP contribution in [0.25, 0.3) is 5.69 Å². The lowest BCUT2D eigenvalue weighted by Crippen LogP contribution is -2.50. The van der Waals surface area contributed by atoms with E-state index in [0.717, 1.165) is 12.1 Å². The average molecular weight is 409 g/mol. The highest BCUT2D eigenvalue weighted by Gasteiger charge is 2.25. The van der Waals surface area contributed by atoms with Gasteiger partial charge < -0.3 is 15.1 Å². The number of anilines is 2. The van der Waals surface area contributed by atoms with Crippen LogP contribution in [0.4, 0.5) is 20.8 Å². The lowest BCUT2D eigenvalue weighted by molar-refractivity contribution is 0.208. The molecule has 0 spiro atoms. The fourth-order valence-electron chi connectivity index (χ4n) is 3.40. The van der Waals surface area contributed by atoms with E-state index in [2.05, 4.69) is 44.8 Å². The third-order valence-electron chi connectivity index (χ3n) is 5.32. The molecule has 1 N–H and O–H groups in total. The monoisotopic (exact) mass is 409 g/mol. The quantitative estimate of drug-likeness (QED) is 0.717. The number of nitrogens with zero attached hydrogens (tertiary/aromatic N) is 6. The smallest absolute Gasteiger partial charge is 0.321 e. The Bertz CT molecular complexity index is 1030. The highest BCUT2D eigenvalue weighted by Crippen LogP contribution is 2.19. The van der Waals surface area contributed by atoms with Crippen LogP contribution in [-0.4, -0.2) is 57.3 Å². The Balaban J connectivity index is 1.39. The fraction of sp³-hybridized carbons (Fsp3) is 0.333. The van der Waals surface area contributed by atoms with Crippen LogP contribution < -0.4 is 10.2 Å². The summed E-state index contributed by atoms with van der Waals surface area (Å²) in [4.78, 5) is 16.3.